The van der Waals surface area contributed by atoms with Gasteiger partial charge in [0, 0.05) is 11.1 Å². The minimum atomic E-state index is -4.72. The van der Waals surface area contributed by atoms with Crippen molar-refractivity contribution in [3.8, 4) is 28.0 Å². The fraction of sp³-hybridized carbons (Fsp3) is 0.212. The molecule has 234 valence electrons. The van der Waals surface area contributed by atoms with Crippen molar-refractivity contribution in [2.45, 2.75) is 38.7 Å². The maximum atomic E-state index is 14.0. The highest BCUT2D eigenvalue weighted by Crippen LogP contribution is 2.42. The van der Waals surface area contributed by atoms with E-state index in [9.17, 15) is 41.0 Å². The fourth-order valence-electron chi connectivity index (χ4n) is 5.45. The van der Waals surface area contributed by atoms with Gasteiger partial charge in [-0.2, -0.15) is 13.2 Å². The van der Waals surface area contributed by atoms with Crippen LogP contribution in [-0.2, 0) is 17.5 Å². The number of carboxylic acids is 1. The Balaban J connectivity index is 1.59. The normalized spacial score (nSPS) is 16.6. The van der Waals surface area contributed by atoms with Crippen LogP contribution in [0.25, 0.3) is 22.3 Å². The molecule has 0 bridgehead atoms. The molecular formula is C33H25F6NO5. The van der Waals surface area contributed by atoms with Crippen molar-refractivity contribution >= 4 is 12.1 Å². The summed E-state index contributed by atoms with van der Waals surface area (Å²) < 4.78 is 93.9. The molecule has 1 aliphatic rings. The minimum absolute atomic E-state index is 0.0686. The van der Waals surface area contributed by atoms with Crippen LogP contribution in [0.1, 0.15) is 45.6 Å². The van der Waals surface area contributed by atoms with Gasteiger partial charge in [0.05, 0.1) is 30.8 Å². The van der Waals surface area contributed by atoms with Gasteiger partial charge in [-0.15, -0.1) is 0 Å². The second-order valence-corrected chi connectivity index (χ2v) is 10.6. The summed E-state index contributed by atoms with van der Waals surface area (Å²) in [6.45, 7) is 2.83. The van der Waals surface area contributed by atoms with E-state index in [0.717, 1.165) is 17.0 Å². The van der Waals surface area contributed by atoms with E-state index in [1.54, 1.807) is 31.2 Å². The van der Waals surface area contributed by atoms with Crippen LogP contribution in [0.5, 0.6) is 5.75 Å². The van der Waals surface area contributed by atoms with E-state index in [4.69, 9.17) is 9.47 Å². The van der Waals surface area contributed by atoms with Crippen molar-refractivity contribution in [1.29, 1.82) is 0 Å². The van der Waals surface area contributed by atoms with Crippen LogP contribution in [0.4, 0.5) is 31.1 Å². The summed E-state index contributed by atoms with van der Waals surface area (Å²) in [6, 6.07) is 13.2. The van der Waals surface area contributed by atoms with Crippen LogP contribution >= 0.6 is 0 Å². The third kappa shape index (κ3) is 6.04. The number of hydrogen-bond acceptors (Lipinski definition) is 4. The quantitative estimate of drug-likeness (QED) is 0.164. The number of carbonyl (C=O) groups excluding carboxylic acids is 1. The SMILES string of the molecule is COc1ccc(-c2ccc(C(=O)O)cc2C)cc1-c1ccc(C(F)(F)F)cc1CN1C(=O)O[C@H](c2cc(F)c(F)c(F)c2)[C@@H]1C. The topological polar surface area (TPSA) is 76.1 Å². The molecule has 1 saturated heterocycles. The van der Waals surface area contributed by atoms with Gasteiger partial charge in [0.1, 0.15) is 11.9 Å². The maximum absolute atomic E-state index is 14.0. The summed E-state index contributed by atoms with van der Waals surface area (Å²) in [5, 5.41) is 9.33. The largest absolute Gasteiger partial charge is 0.496 e. The van der Waals surface area contributed by atoms with Gasteiger partial charge < -0.3 is 14.6 Å². The number of hydrogen-bond donors (Lipinski definition) is 1. The Morgan fingerprint density at radius 1 is 0.933 bits per heavy atom. The van der Waals surface area contributed by atoms with Crippen LogP contribution in [0, 0.1) is 24.4 Å². The molecule has 1 fully saturated rings. The second-order valence-electron chi connectivity index (χ2n) is 10.6. The predicted molar refractivity (Wildman–Crippen MR) is 151 cm³/mol. The lowest BCUT2D eigenvalue weighted by molar-refractivity contribution is -0.137. The Labute approximate surface area is 253 Å². The van der Waals surface area contributed by atoms with Crippen LogP contribution in [0.3, 0.4) is 0 Å². The van der Waals surface area contributed by atoms with Crippen molar-refractivity contribution in [3.05, 3.63) is 112 Å². The molecular weight excluding hydrogens is 604 g/mol. The van der Waals surface area contributed by atoms with Crippen LogP contribution < -0.4 is 4.74 Å². The van der Waals surface area contributed by atoms with Gasteiger partial charge in [-0.1, -0.05) is 18.2 Å². The molecule has 12 heteroatoms. The number of aromatic carboxylic acids is 1. The van der Waals surface area contributed by atoms with Gasteiger partial charge in [0.15, 0.2) is 17.5 Å². The number of cyclic esters (lactones) is 1. The molecule has 1 N–H and O–H groups in total. The van der Waals surface area contributed by atoms with Crippen molar-refractivity contribution in [1.82, 2.24) is 4.90 Å². The van der Waals surface area contributed by atoms with Gasteiger partial charge in [0.2, 0.25) is 0 Å². The lowest BCUT2D eigenvalue weighted by atomic mass is 9.91. The van der Waals surface area contributed by atoms with Crippen molar-refractivity contribution in [2.24, 2.45) is 0 Å². The average Bonchev–Trinajstić information content (AvgIpc) is 3.27. The number of halogens is 6. The molecule has 0 unspecified atom stereocenters. The Morgan fingerprint density at radius 3 is 2.20 bits per heavy atom. The summed E-state index contributed by atoms with van der Waals surface area (Å²) >= 11 is 0. The number of amides is 1. The number of nitrogens with zero attached hydrogens (tertiary/aromatic N) is 1. The molecule has 0 spiro atoms. The molecule has 0 aromatic heterocycles. The summed E-state index contributed by atoms with van der Waals surface area (Å²) in [4.78, 5) is 25.5. The lowest BCUT2D eigenvalue weighted by Gasteiger charge is -2.24. The molecule has 1 amide bonds. The van der Waals surface area contributed by atoms with Gasteiger partial charge >= 0.3 is 18.2 Å². The number of benzene rings is 4. The fourth-order valence-corrected chi connectivity index (χ4v) is 5.45. The summed E-state index contributed by atoms with van der Waals surface area (Å²) in [5.74, 6) is -5.43. The molecule has 1 aliphatic heterocycles. The Kier molecular flexibility index (Phi) is 8.26. The first-order chi connectivity index (χ1) is 21.2. The highest BCUT2D eigenvalue weighted by Gasteiger charge is 2.41. The molecule has 6 nitrogen and oxygen atoms in total. The van der Waals surface area contributed by atoms with Gasteiger partial charge in [-0.25, -0.2) is 22.8 Å². The first-order valence-electron chi connectivity index (χ1n) is 13.5. The van der Waals surface area contributed by atoms with E-state index < -0.39 is 53.4 Å². The number of aryl methyl sites for hydroxylation is 1. The zero-order valence-corrected chi connectivity index (χ0v) is 24.0. The van der Waals surface area contributed by atoms with Gasteiger partial charge in [-0.05, 0) is 90.2 Å². The predicted octanol–water partition coefficient (Wildman–Crippen LogP) is 8.55. The molecule has 0 radical (unpaired) electrons. The molecule has 2 atom stereocenters. The Morgan fingerprint density at radius 2 is 1.60 bits per heavy atom. The van der Waals surface area contributed by atoms with E-state index in [-0.39, 0.29) is 23.2 Å². The Hall–Kier alpha value is -5.00. The Bertz CT molecular complexity index is 1800. The molecule has 45 heavy (non-hydrogen) atoms. The number of carbonyl (C=O) groups is 2. The third-order valence-electron chi connectivity index (χ3n) is 7.77. The molecule has 4 aromatic rings. The average molecular weight is 630 g/mol. The van der Waals surface area contributed by atoms with Crippen LogP contribution in [0.15, 0.2) is 66.7 Å². The lowest BCUT2D eigenvalue weighted by Crippen LogP contribution is -2.31. The van der Waals surface area contributed by atoms with Crippen molar-refractivity contribution < 1.29 is 50.5 Å². The van der Waals surface area contributed by atoms with E-state index in [1.807, 2.05) is 0 Å². The number of alkyl halides is 3. The van der Waals surface area contributed by atoms with Crippen LogP contribution in [0.2, 0.25) is 0 Å². The first kappa shape index (κ1) is 31.4. The minimum Gasteiger partial charge on any atom is -0.496 e. The number of carboxylic acid groups (broad SMARTS) is 1. The van der Waals surface area contributed by atoms with Gasteiger partial charge in [0.25, 0.3) is 0 Å². The number of methoxy groups -OCH3 is 1. The monoisotopic (exact) mass is 629 g/mol. The summed E-state index contributed by atoms with van der Waals surface area (Å²) in [7, 11) is 1.39. The van der Waals surface area contributed by atoms with E-state index in [2.05, 4.69) is 0 Å². The van der Waals surface area contributed by atoms with E-state index in [1.165, 1.54) is 32.2 Å². The van der Waals surface area contributed by atoms with Crippen molar-refractivity contribution in [3.63, 3.8) is 0 Å². The highest BCUT2D eigenvalue weighted by molar-refractivity contribution is 5.89. The van der Waals surface area contributed by atoms with Crippen LogP contribution in [-0.4, -0.2) is 35.2 Å². The van der Waals surface area contributed by atoms with E-state index >= 15 is 0 Å². The van der Waals surface area contributed by atoms with E-state index in [0.29, 0.717) is 45.7 Å². The maximum Gasteiger partial charge on any atom is 0.416 e. The number of rotatable bonds is 7. The summed E-state index contributed by atoms with van der Waals surface area (Å²) in [5.41, 5.74) is 1.66. The molecule has 1 heterocycles. The third-order valence-corrected chi connectivity index (χ3v) is 7.77. The molecule has 5 rings (SSSR count). The zero-order chi connectivity index (χ0) is 32.8. The standard InChI is InChI=1S/C33H25F6NO5/c1-16-10-19(31(41)42)4-7-23(16)18-5-9-28(44-3)25(12-18)24-8-6-22(33(37,38)39)11-21(24)15-40-17(2)30(45-32(40)43)20-13-26(34)29(36)27(35)14-20/h4-14,17,30H,15H2,1-3H3,(H,41,42)/t17-,30-/m0/s1. The summed E-state index contributed by atoms with van der Waals surface area (Å²) in [6.07, 6.45) is -6.90. The highest BCUT2D eigenvalue weighted by atomic mass is 19.4. The molecule has 0 aliphatic carbocycles. The zero-order valence-electron chi connectivity index (χ0n) is 24.0. The van der Waals surface area contributed by atoms with Gasteiger partial charge in [-0.3, -0.25) is 4.90 Å². The second kappa shape index (κ2) is 11.8. The molecule has 4 aromatic carbocycles. The number of ether oxygens (including phenoxy) is 2. The molecule has 0 saturated carbocycles. The first-order valence-corrected chi connectivity index (χ1v) is 13.5. The smallest absolute Gasteiger partial charge is 0.416 e. The van der Waals surface area contributed by atoms with Crippen molar-refractivity contribution in [2.75, 3.05) is 7.11 Å².